The van der Waals surface area contributed by atoms with Crippen LogP contribution in [-0.4, -0.2) is 53.6 Å². The summed E-state index contributed by atoms with van der Waals surface area (Å²) in [6, 6.07) is 0. The maximum atomic E-state index is 12.9. The smallest absolute Gasteiger partial charge is 0.281 e. The molecule has 4 nitrogen and oxygen atoms in total. The predicted octanol–water partition coefficient (Wildman–Crippen LogP) is 4.41. The highest BCUT2D eigenvalue weighted by Gasteiger charge is 2.88. The van der Waals surface area contributed by atoms with E-state index in [0.717, 1.165) is 0 Å². The van der Waals surface area contributed by atoms with Gasteiger partial charge in [-0.05, 0) is 11.6 Å². The highest BCUT2D eigenvalue weighted by Crippen LogP contribution is 2.59. The summed E-state index contributed by atoms with van der Waals surface area (Å²) in [7, 11) is -7.43. The minimum absolute atomic E-state index is 1.27. The third-order valence-electron chi connectivity index (χ3n) is 2.43. The lowest BCUT2D eigenvalue weighted by Crippen LogP contribution is -2.68. The van der Waals surface area contributed by atoms with E-state index in [9.17, 15) is 69.9 Å². The summed E-state index contributed by atoms with van der Waals surface area (Å²) < 4.78 is 206. The first kappa shape index (κ1) is 26.2. The first-order valence-corrected chi connectivity index (χ1v) is 7.03. The maximum absolute atomic E-state index is 12.9. The number of alkyl halides is 15. The largest absolute Gasteiger partial charge is 0.460 e. The first-order chi connectivity index (χ1) is 11.2. The summed E-state index contributed by atoms with van der Waals surface area (Å²) in [6.45, 7) is 0. The number of halogens is 15. The topological polar surface area (TPSA) is 63.6 Å². The van der Waals surface area contributed by atoms with Gasteiger partial charge in [0, 0.05) is 0 Å². The fourth-order valence-electron chi connectivity index (χ4n) is 0.993. The normalized spacial score (nSPS) is 16.6. The lowest BCUT2D eigenvalue weighted by atomic mass is 10.0. The molecular formula is C7HClF14O4S. The van der Waals surface area contributed by atoms with Crippen molar-refractivity contribution in [1.29, 1.82) is 0 Å². The summed E-state index contributed by atoms with van der Waals surface area (Å²) in [5.41, 5.74) is 0. The molecule has 0 amide bonds. The standard InChI is InChI=1S/C7HClF14O4S/c8-4(15,16)2(11,12)1(9,10)3(13,14)5(17,18)26-6(19,20)7(21,22)27(23,24)25/h(H,23,24,25). The molecule has 0 unspecified atom stereocenters. The Balaban J connectivity index is 6.30. The molecule has 0 aliphatic rings. The van der Waals surface area contributed by atoms with Crippen molar-refractivity contribution < 1.29 is 79.2 Å². The van der Waals surface area contributed by atoms with Gasteiger partial charge in [0.05, 0.1) is 0 Å². The third kappa shape index (κ3) is 3.86. The van der Waals surface area contributed by atoms with Crippen LogP contribution in [0.5, 0.6) is 0 Å². The van der Waals surface area contributed by atoms with Gasteiger partial charge < -0.3 is 0 Å². The van der Waals surface area contributed by atoms with Gasteiger partial charge >= 0.3 is 50.7 Å². The minimum Gasteiger partial charge on any atom is -0.281 e. The van der Waals surface area contributed by atoms with Crippen LogP contribution in [0.3, 0.4) is 0 Å². The monoisotopic (exact) mass is 482 g/mol. The van der Waals surface area contributed by atoms with Gasteiger partial charge in [0.2, 0.25) is 0 Å². The number of hydrogen-bond acceptors (Lipinski definition) is 3. The molecule has 0 spiro atoms. The van der Waals surface area contributed by atoms with Crippen molar-refractivity contribution in [1.82, 2.24) is 0 Å². The van der Waals surface area contributed by atoms with E-state index in [4.69, 9.17) is 4.55 Å². The molecule has 0 heterocycles. The van der Waals surface area contributed by atoms with Gasteiger partial charge in [-0.15, -0.1) is 0 Å². The summed E-state index contributed by atoms with van der Waals surface area (Å²) in [6.07, 6.45) is -15.3. The minimum atomic E-state index is -8.11. The number of hydrogen-bond donors (Lipinski definition) is 1. The van der Waals surface area contributed by atoms with Crippen molar-refractivity contribution >= 4 is 21.7 Å². The number of rotatable bonds is 8. The third-order valence-corrected chi connectivity index (χ3v) is 3.55. The highest BCUT2D eigenvalue weighted by atomic mass is 35.5. The molecule has 0 aromatic carbocycles. The van der Waals surface area contributed by atoms with E-state index in [2.05, 4.69) is 11.6 Å². The molecule has 0 rings (SSSR count). The van der Waals surface area contributed by atoms with E-state index in [1.807, 2.05) is 0 Å². The van der Waals surface area contributed by atoms with Crippen molar-refractivity contribution in [3.8, 4) is 0 Å². The fraction of sp³-hybridized carbons (Fsp3) is 1.00. The molecule has 0 aliphatic heterocycles. The van der Waals surface area contributed by atoms with E-state index in [1.165, 1.54) is 4.74 Å². The van der Waals surface area contributed by atoms with Gasteiger partial charge in [-0.3, -0.25) is 4.55 Å². The Labute approximate surface area is 142 Å². The lowest BCUT2D eigenvalue weighted by molar-refractivity contribution is -0.492. The molecule has 0 fully saturated rings. The molecule has 0 aromatic rings. The quantitative estimate of drug-likeness (QED) is 0.316. The molecular weight excluding hydrogens is 482 g/mol. The van der Waals surface area contributed by atoms with E-state index in [1.54, 1.807) is 0 Å². The van der Waals surface area contributed by atoms with Gasteiger partial charge in [0.25, 0.3) is 0 Å². The lowest BCUT2D eigenvalue weighted by Gasteiger charge is -2.38. The van der Waals surface area contributed by atoms with E-state index in [0.29, 0.717) is 0 Å². The summed E-state index contributed by atoms with van der Waals surface area (Å²) >= 11 is 3.37. The SMILES string of the molecule is O=S(=O)(O)C(F)(F)C(F)(F)OC(F)(F)C(F)(F)C(F)(F)C(F)(F)C(F)(F)Cl. The average molecular weight is 483 g/mol. The number of ether oxygens (including phenoxy) is 1. The first-order valence-electron chi connectivity index (χ1n) is 5.21. The molecule has 27 heavy (non-hydrogen) atoms. The Kier molecular flexibility index (Phi) is 6.15. The van der Waals surface area contributed by atoms with Crippen LogP contribution < -0.4 is 0 Å². The Morgan fingerprint density at radius 1 is 0.630 bits per heavy atom. The van der Waals surface area contributed by atoms with Gasteiger partial charge in [-0.1, -0.05) is 0 Å². The van der Waals surface area contributed by atoms with Crippen LogP contribution >= 0.6 is 11.6 Å². The highest BCUT2D eigenvalue weighted by molar-refractivity contribution is 7.86. The van der Waals surface area contributed by atoms with Crippen molar-refractivity contribution in [2.75, 3.05) is 0 Å². The van der Waals surface area contributed by atoms with E-state index in [-0.39, 0.29) is 0 Å². The molecule has 0 aliphatic carbocycles. The van der Waals surface area contributed by atoms with Crippen LogP contribution in [0.2, 0.25) is 0 Å². The predicted molar refractivity (Wildman–Crippen MR) is 53.1 cm³/mol. The van der Waals surface area contributed by atoms with Crippen LogP contribution in [0.1, 0.15) is 0 Å². The molecule has 0 radical (unpaired) electrons. The molecule has 0 saturated carbocycles. The van der Waals surface area contributed by atoms with E-state index < -0.39 is 50.7 Å². The molecule has 20 heteroatoms. The second kappa shape index (κ2) is 6.34. The summed E-state index contributed by atoms with van der Waals surface area (Å²) in [5, 5.41) is -13.9. The van der Waals surface area contributed by atoms with Crippen LogP contribution in [0.15, 0.2) is 0 Å². The molecule has 0 aromatic heterocycles. The Morgan fingerprint density at radius 3 is 1.22 bits per heavy atom. The van der Waals surface area contributed by atoms with E-state index >= 15 is 0 Å². The molecule has 0 atom stereocenters. The molecule has 0 saturated heterocycles. The molecule has 1 N–H and O–H groups in total. The van der Waals surface area contributed by atoms with Gasteiger partial charge in [0.15, 0.2) is 0 Å². The van der Waals surface area contributed by atoms with Crippen molar-refractivity contribution in [3.63, 3.8) is 0 Å². The molecule has 164 valence electrons. The van der Waals surface area contributed by atoms with Crippen molar-refractivity contribution in [3.05, 3.63) is 0 Å². The van der Waals surface area contributed by atoms with Gasteiger partial charge in [0.1, 0.15) is 0 Å². The van der Waals surface area contributed by atoms with Gasteiger partial charge in [-0.2, -0.15) is 69.9 Å². The Bertz CT molecular complexity index is 667. The van der Waals surface area contributed by atoms with Crippen LogP contribution in [0.4, 0.5) is 61.5 Å². The zero-order valence-electron chi connectivity index (χ0n) is 11.2. The average Bonchev–Trinajstić information content (AvgIpc) is 2.33. The zero-order valence-corrected chi connectivity index (χ0v) is 12.8. The van der Waals surface area contributed by atoms with Crippen LogP contribution in [0, 0.1) is 0 Å². The summed E-state index contributed by atoms with van der Waals surface area (Å²) in [5.74, 6) is -23.7. The van der Waals surface area contributed by atoms with Crippen LogP contribution in [0.25, 0.3) is 0 Å². The van der Waals surface area contributed by atoms with Crippen molar-refractivity contribution in [2.45, 2.75) is 40.6 Å². The molecule has 0 bridgehead atoms. The fourth-order valence-corrected chi connectivity index (χ4v) is 1.45. The zero-order chi connectivity index (χ0) is 22.7. The van der Waals surface area contributed by atoms with Gasteiger partial charge in [-0.25, -0.2) is 4.74 Å². The Hall–Kier alpha value is -0.820. The summed E-state index contributed by atoms with van der Waals surface area (Å²) in [4.78, 5) is 0. The Morgan fingerprint density at radius 2 is 0.963 bits per heavy atom. The maximum Gasteiger partial charge on any atom is 0.460 e. The second-order valence-electron chi connectivity index (χ2n) is 4.35. The second-order valence-corrected chi connectivity index (χ2v) is 6.29. The van der Waals surface area contributed by atoms with Crippen molar-refractivity contribution in [2.24, 2.45) is 0 Å². The van der Waals surface area contributed by atoms with Crippen LogP contribution in [-0.2, 0) is 14.9 Å².